The van der Waals surface area contributed by atoms with E-state index < -0.39 is 0 Å². The maximum atomic E-state index is 5.08. The van der Waals surface area contributed by atoms with Gasteiger partial charge in [0.2, 0.25) is 0 Å². The summed E-state index contributed by atoms with van der Waals surface area (Å²) >= 11 is 0. The quantitative estimate of drug-likeness (QED) is 0.735. The van der Waals surface area contributed by atoms with Crippen LogP contribution in [0.1, 0.15) is 17.0 Å². The van der Waals surface area contributed by atoms with Crippen LogP contribution in [-0.2, 0) is 24.2 Å². The summed E-state index contributed by atoms with van der Waals surface area (Å²) in [6.45, 7) is 4.50. The zero-order valence-electron chi connectivity index (χ0n) is 11.4. The number of hydrogen-bond acceptors (Lipinski definition) is 4. The highest BCUT2D eigenvalue weighted by Gasteiger charge is 2.12. The van der Waals surface area contributed by atoms with Gasteiger partial charge in [-0.05, 0) is 31.8 Å². The number of ether oxygens (including phenoxy) is 1. The number of likely N-dealkylation sites (N-methyl/N-ethyl adjacent to an activating group) is 1. The van der Waals surface area contributed by atoms with Crippen LogP contribution in [0.2, 0.25) is 0 Å². The molecule has 1 aliphatic heterocycles. The number of nitrogens with zero attached hydrogens (tertiary/aromatic N) is 3. The standard InChI is InChI=1S/C14H22N3O/c1-16-7-6-14-12(10-16)4-5-13(15-14)11-17(2)8-9-18-3/h4-5H,1,6-11H2,2-3H3/q-1. The molecule has 0 fully saturated rings. The molecule has 4 nitrogen and oxygen atoms in total. The highest BCUT2D eigenvalue weighted by atomic mass is 16.5. The summed E-state index contributed by atoms with van der Waals surface area (Å²) in [5.74, 6) is 0. The molecule has 0 amide bonds. The monoisotopic (exact) mass is 248 g/mol. The molecule has 1 aromatic heterocycles. The summed E-state index contributed by atoms with van der Waals surface area (Å²) in [6.07, 6.45) is 1.01. The van der Waals surface area contributed by atoms with Crippen LogP contribution in [-0.4, -0.2) is 48.6 Å². The van der Waals surface area contributed by atoms with Crippen molar-refractivity contribution >= 4 is 0 Å². The second-order valence-electron chi connectivity index (χ2n) is 4.94. The van der Waals surface area contributed by atoms with E-state index in [0.717, 1.165) is 44.9 Å². The molecule has 100 valence electrons. The summed E-state index contributed by atoms with van der Waals surface area (Å²) < 4.78 is 5.08. The van der Waals surface area contributed by atoms with Gasteiger partial charge in [0.15, 0.2) is 0 Å². The summed E-state index contributed by atoms with van der Waals surface area (Å²) in [4.78, 5) is 9.08. The Hall–Kier alpha value is -0.970. The summed E-state index contributed by atoms with van der Waals surface area (Å²) in [5.41, 5.74) is 3.71. The predicted molar refractivity (Wildman–Crippen MR) is 71.9 cm³/mol. The molecule has 18 heavy (non-hydrogen) atoms. The van der Waals surface area contributed by atoms with E-state index in [4.69, 9.17) is 9.72 Å². The number of methoxy groups -OCH3 is 1. The molecule has 0 saturated heterocycles. The molecule has 4 heteroatoms. The maximum Gasteiger partial charge on any atom is 0.0589 e. The lowest BCUT2D eigenvalue weighted by molar-refractivity contribution is 0.158. The number of rotatable bonds is 5. The van der Waals surface area contributed by atoms with Gasteiger partial charge in [0, 0.05) is 32.3 Å². The van der Waals surface area contributed by atoms with Crippen molar-refractivity contribution in [2.24, 2.45) is 0 Å². The third kappa shape index (κ3) is 3.51. The van der Waals surface area contributed by atoms with Gasteiger partial charge >= 0.3 is 0 Å². The minimum atomic E-state index is 0.762. The molecule has 1 aliphatic rings. The highest BCUT2D eigenvalue weighted by Crippen LogP contribution is 2.17. The smallest absolute Gasteiger partial charge is 0.0589 e. The molecule has 0 bridgehead atoms. The van der Waals surface area contributed by atoms with E-state index in [1.54, 1.807) is 7.11 Å². The molecular formula is C14H22N3O-. The first kappa shape index (κ1) is 13.5. The van der Waals surface area contributed by atoms with Crippen molar-refractivity contribution in [3.05, 3.63) is 36.1 Å². The fourth-order valence-corrected chi connectivity index (χ4v) is 2.21. The average Bonchev–Trinajstić information content (AvgIpc) is 2.36. The Labute approximate surface area is 110 Å². The fourth-order valence-electron chi connectivity index (χ4n) is 2.21. The zero-order valence-corrected chi connectivity index (χ0v) is 11.4. The number of fused-ring (bicyclic) bond motifs is 1. The second kappa shape index (κ2) is 6.27. The van der Waals surface area contributed by atoms with E-state index in [1.807, 2.05) is 0 Å². The summed E-state index contributed by atoms with van der Waals surface area (Å²) in [7, 11) is 7.81. The van der Waals surface area contributed by atoms with Gasteiger partial charge in [0.05, 0.1) is 12.3 Å². The molecule has 2 rings (SSSR count). The van der Waals surface area contributed by atoms with Crippen molar-refractivity contribution in [2.45, 2.75) is 19.5 Å². The van der Waals surface area contributed by atoms with E-state index in [0.29, 0.717) is 0 Å². The Morgan fingerprint density at radius 1 is 1.50 bits per heavy atom. The third-order valence-corrected chi connectivity index (χ3v) is 3.29. The van der Waals surface area contributed by atoms with Crippen molar-refractivity contribution < 1.29 is 4.74 Å². The average molecular weight is 248 g/mol. The molecule has 0 saturated carbocycles. The Balaban J connectivity index is 1.98. The van der Waals surface area contributed by atoms with Gasteiger partial charge in [0.1, 0.15) is 0 Å². The Morgan fingerprint density at radius 2 is 2.33 bits per heavy atom. The minimum absolute atomic E-state index is 0.762. The molecule has 1 aromatic rings. The van der Waals surface area contributed by atoms with Gasteiger partial charge < -0.3 is 9.64 Å². The zero-order chi connectivity index (χ0) is 13.0. The first-order valence-electron chi connectivity index (χ1n) is 6.39. The van der Waals surface area contributed by atoms with E-state index in [1.165, 1.54) is 11.3 Å². The lowest BCUT2D eigenvalue weighted by Gasteiger charge is -2.31. The SMILES string of the molecule is [CH2-]N1CCc2nc(CN(C)CCOC)ccc2C1. The Morgan fingerprint density at radius 3 is 3.11 bits per heavy atom. The largest absolute Gasteiger partial charge is 0.455 e. The molecule has 0 spiro atoms. The molecule has 0 unspecified atom stereocenters. The Bertz CT molecular complexity index is 395. The van der Waals surface area contributed by atoms with Gasteiger partial charge in [0.25, 0.3) is 0 Å². The van der Waals surface area contributed by atoms with Crippen LogP contribution in [0.15, 0.2) is 12.1 Å². The van der Waals surface area contributed by atoms with Crippen LogP contribution in [0, 0.1) is 7.05 Å². The molecular weight excluding hydrogens is 226 g/mol. The highest BCUT2D eigenvalue weighted by molar-refractivity contribution is 5.25. The van der Waals surface area contributed by atoms with E-state index in [9.17, 15) is 0 Å². The van der Waals surface area contributed by atoms with Gasteiger partial charge in [-0.1, -0.05) is 6.07 Å². The summed E-state index contributed by atoms with van der Waals surface area (Å²) in [6, 6.07) is 4.32. The van der Waals surface area contributed by atoms with Gasteiger partial charge in [-0.25, -0.2) is 0 Å². The fraction of sp³-hybridized carbons (Fsp3) is 0.571. The van der Waals surface area contributed by atoms with E-state index >= 15 is 0 Å². The van der Waals surface area contributed by atoms with Crippen molar-refractivity contribution in [2.75, 3.05) is 33.9 Å². The van der Waals surface area contributed by atoms with Crippen LogP contribution in [0.3, 0.4) is 0 Å². The molecule has 0 N–H and O–H groups in total. The number of aromatic nitrogens is 1. The summed E-state index contributed by atoms with van der Waals surface area (Å²) in [5, 5.41) is 0. The van der Waals surface area contributed by atoms with Crippen molar-refractivity contribution in [3.63, 3.8) is 0 Å². The van der Waals surface area contributed by atoms with Crippen molar-refractivity contribution in [3.8, 4) is 0 Å². The van der Waals surface area contributed by atoms with Gasteiger partial charge in [-0.2, -0.15) is 0 Å². The van der Waals surface area contributed by atoms with Crippen molar-refractivity contribution in [1.82, 2.24) is 14.8 Å². The molecule has 0 aliphatic carbocycles. The third-order valence-electron chi connectivity index (χ3n) is 3.29. The minimum Gasteiger partial charge on any atom is -0.455 e. The lowest BCUT2D eigenvalue weighted by atomic mass is 10.1. The first-order valence-corrected chi connectivity index (χ1v) is 6.39. The van der Waals surface area contributed by atoms with Crippen LogP contribution in [0.25, 0.3) is 0 Å². The Kier molecular flexibility index (Phi) is 4.69. The molecule has 0 radical (unpaired) electrons. The number of pyridine rings is 1. The van der Waals surface area contributed by atoms with Crippen LogP contribution < -0.4 is 0 Å². The van der Waals surface area contributed by atoms with Gasteiger partial charge in [-0.3, -0.25) is 16.9 Å². The topological polar surface area (TPSA) is 28.6 Å². The van der Waals surface area contributed by atoms with Gasteiger partial charge in [-0.15, -0.1) is 0 Å². The lowest BCUT2D eigenvalue weighted by Crippen LogP contribution is -2.27. The van der Waals surface area contributed by atoms with E-state index in [-0.39, 0.29) is 0 Å². The second-order valence-corrected chi connectivity index (χ2v) is 4.94. The first-order chi connectivity index (χ1) is 8.69. The molecule has 2 heterocycles. The van der Waals surface area contributed by atoms with E-state index in [2.05, 4.69) is 36.0 Å². The molecule has 0 aromatic carbocycles. The number of hydrogen-bond donors (Lipinski definition) is 0. The normalized spacial score (nSPS) is 16.0. The molecule has 0 atom stereocenters. The van der Waals surface area contributed by atoms with Crippen molar-refractivity contribution in [1.29, 1.82) is 0 Å². The maximum absolute atomic E-state index is 5.08. The predicted octanol–water partition coefficient (Wildman–Crippen LogP) is 1.31. The van der Waals surface area contributed by atoms with Crippen LogP contribution in [0.5, 0.6) is 0 Å². The van der Waals surface area contributed by atoms with Crippen LogP contribution >= 0.6 is 0 Å². The van der Waals surface area contributed by atoms with Crippen LogP contribution in [0.4, 0.5) is 0 Å².